The average Bonchev–Trinajstić information content (AvgIpc) is 2.68. The van der Waals surface area contributed by atoms with Crippen molar-refractivity contribution in [3.63, 3.8) is 0 Å². The van der Waals surface area contributed by atoms with E-state index in [4.69, 9.17) is 0 Å². The maximum Gasteiger partial charge on any atom is 0.0956 e. The van der Waals surface area contributed by atoms with Crippen LogP contribution in [0.2, 0.25) is 0 Å². The monoisotopic (exact) mass is 379 g/mol. The minimum Gasteiger partial charge on any atom is -0.288 e. The van der Waals surface area contributed by atoms with Crippen molar-refractivity contribution in [2.45, 2.75) is 23.8 Å². The molecule has 1 unspecified atom stereocenters. The predicted molar refractivity (Wildman–Crippen MR) is 105 cm³/mol. The van der Waals surface area contributed by atoms with Gasteiger partial charge in [-0.1, -0.05) is 114 Å². The summed E-state index contributed by atoms with van der Waals surface area (Å²) in [6.07, 6.45) is 0.994. The zero-order valence-electron chi connectivity index (χ0n) is 13.8. The van der Waals surface area contributed by atoms with Gasteiger partial charge in [-0.05, 0) is 23.1 Å². The summed E-state index contributed by atoms with van der Waals surface area (Å²) in [7, 11) is 0. The molecule has 0 saturated heterocycles. The first-order valence-corrected chi connectivity index (χ1v) is 9.27. The quantitative estimate of drug-likeness (QED) is 0.329. The number of alkyl halides is 1. The number of hydrogen-bond donors (Lipinski definition) is 1. The summed E-state index contributed by atoms with van der Waals surface area (Å²) in [6, 6.07) is 32.0. The summed E-state index contributed by atoms with van der Waals surface area (Å²) in [5, 5.41) is 3.85. The number of halogens is 1. The van der Waals surface area contributed by atoms with E-state index in [9.17, 15) is 0 Å². The molecular weight excluding hydrogens is 358 g/mol. The van der Waals surface area contributed by atoms with Crippen LogP contribution >= 0.6 is 15.9 Å². The average molecular weight is 380 g/mol. The van der Waals surface area contributed by atoms with E-state index < -0.39 is 5.54 Å². The lowest BCUT2D eigenvalue weighted by Gasteiger charge is -2.38. The van der Waals surface area contributed by atoms with Gasteiger partial charge in [0.25, 0.3) is 0 Å². The molecule has 1 nitrogen and oxygen atoms in total. The van der Waals surface area contributed by atoms with Crippen molar-refractivity contribution in [2.75, 3.05) is 0 Å². The summed E-state index contributed by atoms with van der Waals surface area (Å²) in [5.41, 5.74) is 3.31. The van der Waals surface area contributed by atoms with E-state index in [-0.39, 0.29) is 4.95 Å². The molecule has 1 atom stereocenters. The van der Waals surface area contributed by atoms with Gasteiger partial charge in [-0.25, -0.2) is 0 Å². The Kier molecular flexibility index (Phi) is 5.49. The van der Waals surface area contributed by atoms with E-state index in [2.05, 4.69) is 119 Å². The van der Waals surface area contributed by atoms with Crippen LogP contribution in [0.4, 0.5) is 0 Å². The van der Waals surface area contributed by atoms with Crippen LogP contribution < -0.4 is 5.32 Å². The molecular formula is C22H22BrN. The Hall–Kier alpha value is -1.90. The Morgan fingerprint density at radius 2 is 1.04 bits per heavy atom. The third-order valence-corrected chi connectivity index (χ3v) is 5.23. The van der Waals surface area contributed by atoms with Crippen LogP contribution in [0.1, 0.15) is 30.0 Å². The highest BCUT2D eigenvalue weighted by molar-refractivity contribution is 9.09. The predicted octanol–water partition coefficient (Wildman–Crippen LogP) is 5.70. The fourth-order valence-electron chi connectivity index (χ4n) is 3.15. The van der Waals surface area contributed by atoms with Gasteiger partial charge in [0.15, 0.2) is 0 Å². The number of benzene rings is 3. The molecule has 0 aliphatic heterocycles. The molecule has 0 aromatic heterocycles. The molecule has 0 spiro atoms. The highest BCUT2D eigenvalue weighted by atomic mass is 79.9. The second-order valence-corrected chi connectivity index (χ2v) is 6.97. The van der Waals surface area contributed by atoms with E-state index in [0.717, 1.165) is 6.42 Å². The third kappa shape index (κ3) is 3.31. The minimum atomic E-state index is -0.395. The number of nitrogens with one attached hydrogen (secondary N) is 1. The second-order valence-electron chi connectivity index (χ2n) is 5.87. The minimum absolute atomic E-state index is 0.207. The van der Waals surface area contributed by atoms with Gasteiger partial charge in [0.05, 0.1) is 10.5 Å². The topological polar surface area (TPSA) is 12.0 Å². The first-order chi connectivity index (χ1) is 11.8. The van der Waals surface area contributed by atoms with Crippen molar-refractivity contribution >= 4 is 15.9 Å². The molecule has 0 aliphatic carbocycles. The van der Waals surface area contributed by atoms with Gasteiger partial charge in [0, 0.05) is 0 Å². The summed E-state index contributed by atoms with van der Waals surface area (Å²) in [4.78, 5) is 0.207. The maximum atomic E-state index is 3.85. The Balaban J connectivity index is 2.28. The first kappa shape index (κ1) is 16.9. The number of hydrogen-bond acceptors (Lipinski definition) is 1. The smallest absolute Gasteiger partial charge is 0.0956 e. The number of rotatable bonds is 6. The lowest BCUT2D eigenvalue weighted by molar-refractivity contribution is 0.456. The van der Waals surface area contributed by atoms with Gasteiger partial charge in [-0.2, -0.15) is 0 Å². The van der Waals surface area contributed by atoms with E-state index in [1.165, 1.54) is 16.7 Å². The molecule has 2 heteroatoms. The fourth-order valence-corrected chi connectivity index (χ4v) is 3.49. The molecule has 0 fully saturated rings. The lowest BCUT2D eigenvalue weighted by atomic mass is 9.77. The van der Waals surface area contributed by atoms with Gasteiger partial charge in [0.1, 0.15) is 0 Å². The summed E-state index contributed by atoms with van der Waals surface area (Å²) < 4.78 is 0. The highest BCUT2D eigenvalue weighted by Crippen LogP contribution is 2.37. The molecule has 3 aromatic rings. The van der Waals surface area contributed by atoms with Crippen LogP contribution in [-0.4, -0.2) is 4.95 Å². The van der Waals surface area contributed by atoms with Gasteiger partial charge >= 0.3 is 0 Å². The molecule has 24 heavy (non-hydrogen) atoms. The molecule has 0 saturated carbocycles. The fraction of sp³-hybridized carbons (Fsp3) is 0.182. The van der Waals surface area contributed by atoms with Crippen LogP contribution in [0.15, 0.2) is 91.0 Å². The van der Waals surface area contributed by atoms with Crippen molar-refractivity contribution in [1.29, 1.82) is 0 Å². The van der Waals surface area contributed by atoms with Crippen LogP contribution in [0.25, 0.3) is 0 Å². The zero-order chi connectivity index (χ0) is 16.8. The standard InChI is InChI=1S/C22H22BrN/c1-2-21(23)24-22(18-12-6-3-7-13-18,19-14-8-4-9-15-19)20-16-10-5-11-17-20/h3-17,21,24H,2H2,1H3. The Bertz CT molecular complexity index is 644. The van der Waals surface area contributed by atoms with Crippen molar-refractivity contribution in [1.82, 2.24) is 5.32 Å². The van der Waals surface area contributed by atoms with E-state index in [1.807, 2.05) is 0 Å². The maximum absolute atomic E-state index is 3.85. The normalized spacial score (nSPS) is 12.8. The Morgan fingerprint density at radius 1 is 0.708 bits per heavy atom. The van der Waals surface area contributed by atoms with Crippen LogP contribution in [0.3, 0.4) is 0 Å². The lowest BCUT2D eigenvalue weighted by Crippen LogP contribution is -2.47. The van der Waals surface area contributed by atoms with Crippen molar-refractivity contribution in [3.8, 4) is 0 Å². The molecule has 3 rings (SSSR count). The van der Waals surface area contributed by atoms with Crippen molar-refractivity contribution < 1.29 is 0 Å². The van der Waals surface area contributed by atoms with E-state index in [0.29, 0.717) is 0 Å². The van der Waals surface area contributed by atoms with Crippen molar-refractivity contribution in [2.24, 2.45) is 0 Å². The summed E-state index contributed by atoms with van der Waals surface area (Å²) in [5.74, 6) is 0. The highest BCUT2D eigenvalue weighted by Gasteiger charge is 2.37. The van der Waals surface area contributed by atoms with Crippen LogP contribution in [0.5, 0.6) is 0 Å². The van der Waals surface area contributed by atoms with Gasteiger partial charge in [-0.3, -0.25) is 5.32 Å². The molecule has 122 valence electrons. The molecule has 0 radical (unpaired) electrons. The van der Waals surface area contributed by atoms with Crippen molar-refractivity contribution in [3.05, 3.63) is 108 Å². The van der Waals surface area contributed by atoms with E-state index >= 15 is 0 Å². The second kappa shape index (κ2) is 7.78. The Morgan fingerprint density at radius 3 is 1.33 bits per heavy atom. The zero-order valence-corrected chi connectivity index (χ0v) is 15.4. The molecule has 3 aromatic carbocycles. The molecule has 0 heterocycles. The Labute approximate surface area is 152 Å². The summed E-state index contributed by atoms with van der Waals surface area (Å²) >= 11 is 3.79. The van der Waals surface area contributed by atoms with Crippen LogP contribution in [-0.2, 0) is 5.54 Å². The molecule has 0 amide bonds. The molecule has 1 N–H and O–H groups in total. The SMILES string of the molecule is CCC(Br)NC(c1ccccc1)(c1ccccc1)c1ccccc1. The van der Waals surface area contributed by atoms with Gasteiger partial charge < -0.3 is 0 Å². The molecule has 0 bridgehead atoms. The largest absolute Gasteiger partial charge is 0.288 e. The summed E-state index contributed by atoms with van der Waals surface area (Å²) in [6.45, 7) is 2.18. The van der Waals surface area contributed by atoms with Gasteiger partial charge in [-0.15, -0.1) is 0 Å². The van der Waals surface area contributed by atoms with Gasteiger partial charge in [0.2, 0.25) is 0 Å². The van der Waals surface area contributed by atoms with E-state index in [1.54, 1.807) is 0 Å². The first-order valence-electron chi connectivity index (χ1n) is 8.35. The third-order valence-electron chi connectivity index (χ3n) is 4.35. The van der Waals surface area contributed by atoms with Crippen LogP contribution in [0, 0.1) is 0 Å². The molecule has 0 aliphatic rings.